The Labute approximate surface area is 127 Å². The number of carbonyl (C=O) groups is 1. The summed E-state index contributed by atoms with van der Waals surface area (Å²) in [6.07, 6.45) is 0.814. The SMILES string of the molecule is Cc1ccccc1CCNC(=O)c1ccc(Br)cc1N. The third-order valence-corrected chi connectivity index (χ3v) is 3.69. The van der Waals surface area contributed by atoms with Crippen molar-refractivity contribution in [2.45, 2.75) is 13.3 Å². The van der Waals surface area contributed by atoms with Crippen molar-refractivity contribution in [2.75, 3.05) is 12.3 Å². The first kappa shape index (κ1) is 14.6. The van der Waals surface area contributed by atoms with E-state index >= 15 is 0 Å². The van der Waals surface area contributed by atoms with Crippen LogP contribution in [-0.4, -0.2) is 12.5 Å². The third kappa shape index (κ3) is 3.61. The van der Waals surface area contributed by atoms with Gasteiger partial charge in [-0.05, 0) is 42.7 Å². The van der Waals surface area contributed by atoms with Crippen molar-refractivity contribution in [3.05, 3.63) is 63.6 Å². The van der Waals surface area contributed by atoms with Gasteiger partial charge in [-0.1, -0.05) is 40.2 Å². The fourth-order valence-electron chi connectivity index (χ4n) is 2.04. The third-order valence-electron chi connectivity index (χ3n) is 3.20. The van der Waals surface area contributed by atoms with Crippen LogP contribution in [0.25, 0.3) is 0 Å². The number of aryl methyl sites for hydroxylation is 1. The maximum absolute atomic E-state index is 12.0. The molecule has 0 unspecified atom stereocenters. The zero-order valence-electron chi connectivity index (χ0n) is 11.3. The number of benzene rings is 2. The molecule has 20 heavy (non-hydrogen) atoms. The van der Waals surface area contributed by atoms with Crippen molar-refractivity contribution in [3.8, 4) is 0 Å². The van der Waals surface area contributed by atoms with Gasteiger partial charge in [-0.2, -0.15) is 0 Å². The number of hydrogen-bond acceptors (Lipinski definition) is 2. The molecule has 0 atom stereocenters. The average Bonchev–Trinajstić information content (AvgIpc) is 2.40. The highest BCUT2D eigenvalue weighted by molar-refractivity contribution is 9.10. The Balaban J connectivity index is 1.94. The number of rotatable bonds is 4. The minimum atomic E-state index is -0.136. The molecule has 0 saturated carbocycles. The van der Waals surface area contributed by atoms with Crippen LogP contribution in [0.1, 0.15) is 21.5 Å². The van der Waals surface area contributed by atoms with Gasteiger partial charge < -0.3 is 11.1 Å². The van der Waals surface area contributed by atoms with E-state index < -0.39 is 0 Å². The Kier molecular flexibility index (Phi) is 4.79. The van der Waals surface area contributed by atoms with Crippen molar-refractivity contribution in [1.29, 1.82) is 0 Å². The zero-order valence-corrected chi connectivity index (χ0v) is 12.9. The van der Waals surface area contributed by atoms with Crippen LogP contribution in [0.2, 0.25) is 0 Å². The molecule has 0 aliphatic heterocycles. The topological polar surface area (TPSA) is 55.1 Å². The summed E-state index contributed by atoms with van der Waals surface area (Å²) < 4.78 is 0.867. The fourth-order valence-corrected chi connectivity index (χ4v) is 2.42. The van der Waals surface area contributed by atoms with Crippen molar-refractivity contribution >= 4 is 27.5 Å². The summed E-state index contributed by atoms with van der Waals surface area (Å²) in [5.41, 5.74) is 9.32. The van der Waals surface area contributed by atoms with E-state index in [4.69, 9.17) is 5.73 Å². The highest BCUT2D eigenvalue weighted by Crippen LogP contribution is 2.18. The monoisotopic (exact) mass is 332 g/mol. The molecule has 0 spiro atoms. The molecule has 2 aromatic rings. The summed E-state index contributed by atoms with van der Waals surface area (Å²) in [7, 11) is 0. The number of nitrogens with two attached hydrogens (primary N) is 1. The first-order valence-corrected chi connectivity index (χ1v) is 7.25. The number of halogens is 1. The van der Waals surface area contributed by atoms with Gasteiger partial charge in [-0.3, -0.25) is 4.79 Å². The van der Waals surface area contributed by atoms with Crippen molar-refractivity contribution in [2.24, 2.45) is 0 Å². The first-order chi connectivity index (χ1) is 9.58. The Morgan fingerprint density at radius 3 is 2.70 bits per heavy atom. The van der Waals surface area contributed by atoms with E-state index in [1.165, 1.54) is 11.1 Å². The number of carbonyl (C=O) groups excluding carboxylic acids is 1. The van der Waals surface area contributed by atoms with Crippen LogP contribution in [-0.2, 0) is 6.42 Å². The van der Waals surface area contributed by atoms with Crippen LogP contribution >= 0.6 is 15.9 Å². The number of anilines is 1. The van der Waals surface area contributed by atoms with E-state index in [1.807, 2.05) is 18.2 Å². The van der Waals surface area contributed by atoms with E-state index in [1.54, 1.807) is 12.1 Å². The van der Waals surface area contributed by atoms with E-state index in [2.05, 4.69) is 40.3 Å². The molecule has 1 amide bonds. The zero-order chi connectivity index (χ0) is 14.5. The lowest BCUT2D eigenvalue weighted by atomic mass is 10.1. The molecule has 4 heteroatoms. The van der Waals surface area contributed by atoms with E-state index in [0.717, 1.165) is 10.9 Å². The van der Waals surface area contributed by atoms with Crippen molar-refractivity contribution < 1.29 is 4.79 Å². The number of nitrogen functional groups attached to an aromatic ring is 1. The molecule has 0 fully saturated rings. The smallest absolute Gasteiger partial charge is 0.253 e. The molecule has 3 nitrogen and oxygen atoms in total. The molecule has 2 aromatic carbocycles. The summed E-state index contributed by atoms with van der Waals surface area (Å²) >= 11 is 3.32. The van der Waals surface area contributed by atoms with Crippen LogP contribution in [0, 0.1) is 6.92 Å². The predicted molar refractivity (Wildman–Crippen MR) is 85.8 cm³/mol. The van der Waals surface area contributed by atoms with Gasteiger partial charge in [0.1, 0.15) is 0 Å². The molecule has 0 saturated heterocycles. The van der Waals surface area contributed by atoms with Crippen molar-refractivity contribution in [3.63, 3.8) is 0 Å². The lowest BCUT2D eigenvalue weighted by molar-refractivity contribution is 0.0955. The maximum atomic E-state index is 12.0. The molecule has 2 rings (SSSR count). The van der Waals surface area contributed by atoms with Crippen LogP contribution < -0.4 is 11.1 Å². The lowest BCUT2D eigenvalue weighted by Gasteiger charge is -2.09. The molecule has 0 aromatic heterocycles. The van der Waals surface area contributed by atoms with Gasteiger partial charge in [0.25, 0.3) is 5.91 Å². The van der Waals surface area contributed by atoms with Gasteiger partial charge >= 0.3 is 0 Å². The average molecular weight is 333 g/mol. The minimum absolute atomic E-state index is 0.136. The van der Waals surface area contributed by atoms with Gasteiger partial charge in [-0.25, -0.2) is 0 Å². The number of nitrogens with one attached hydrogen (secondary N) is 1. The molecule has 0 bridgehead atoms. The van der Waals surface area contributed by atoms with Crippen molar-refractivity contribution in [1.82, 2.24) is 5.32 Å². The molecule has 3 N–H and O–H groups in total. The standard InChI is InChI=1S/C16H17BrN2O/c1-11-4-2-3-5-12(11)8-9-19-16(20)14-7-6-13(17)10-15(14)18/h2-7,10H,8-9,18H2,1H3,(H,19,20). The maximum Gasteiger partial charge on any atom is 0.253 e. The normalized spacial score (nSPS) is 10.3. The van der Waals surface area contributed by atoms with Crippen LogP contribution in [0.3, 0.4) is 0 Å². The molecule has 0 aliphatic carbocycles. The van der Waals surface area contributed by atoms with E-state index in [-0.39, 0.29) is 5.91 Å². The Bertz CT molecular complexity index is 626. The largest absolute Gasteiger partial charge is 0.398 e. The number of amides is 1. The Morgan fingerprint density at radius 2 is 2.00 bits per heavy atom. The summed E-state index contributed by atoms with van der Waals surface area (Å²) in [5, 5.41) is 2.90. The molecular formula is C16H17BrN2O. The summed E-state index contributed by atoms with van der Waals surface area (Å²) in [4.78, 5) is 12.0. The van der Waals surface area contributed by atoms with Gasteiger partial charge in [0.2, 0.25) is 0 Å². The number of hydrogen-bond donors (Lipinski definition) is 2. The highest BCUT2D eigenvalue weighted by atomic mass is 79.9. The molecule has 0 heterocycles. The summed E-state index contributed by atoms with van der Waals surface area (Å²) in [6, 6.07) is 13.4. The van der Waals surface area contributed by atoms with Gasteiger partial charge in [-0.15, -0.1) is 0 Å². The fraction of sp³-hybridized carbons (Fsp3) is 0.188. The second-order valence-corrected chi connectivity index (χ2v) is 5.58. The Hall–Kier alpha value is -1.81. The Morgan fingerprint density at radius 1 is 1.25 bits per heavy atom. The van der Waals surface area contributed by atoms with Gasteiger partial charge in [0.15, 0.2) is 0 Å². The van der Waals surface area contributed by atoms with Gasteiger partial charge in [0.05, 0.1) is 5.56 Å². The molecule has 0 aliphatic rings. The summed E-state index contributed by atoms with van der Waals surface area (Å²) in [5.74, 6) is -0.136. The summed E-state index contributed by atoms with van der Waals surface area (Å²) in [6.45, 7) is 2.67. The molecule has 104 valence electrons. The van der Waals surface area contributed by atoms with Gasteiger partial charge in [0, 0.05) is 16.7 Å². The van der Waals surface area contributed by atoms with Crippen LogP contribution in [0.5, 0.6) is 0 Å². The van der Waals surface area contributed by atoms with Crippen LogP contribution in [0.4, 0.5) is 5.69 Å². The van der Waals surface area contributed by atoms with E-state index in [9.17, 15) is 4.79 Å². The van der Waals surface area contributed by atoms with E-state index in [0.29, 0.717) is 17.8 Å². The highest BCUT2D eigenvalue weighted by Gasteiger charge is 2.09. The molecular weight excluding hydrogens is 316 g/mol. The molecule has 0 radical (unpaired) electrons. The quantitative estimate of drug-likeness (QED) is 0.844. The second kappa shape index (κ2) is 6.57. The lowest BCUT2D eigenvalue weighted by Crippen LogP contribution is -2.26. The predicted octanol–water partition coefficient (Wildman–Crippen LogP) is 3.31. The van der Waals surface area contributed by atoms with Crippen LogP contribution in [0.15, 0.2) is 46.9 Å². The first-order valence-electron chi connectivity index (χ1n) is 6.45. The minimum Gasteiger partial charge on any atom is -0.398 e. The second-order valence-electron chi connectivity index (χ2n) is 4.66.